The first-order valence-corrected chi connectivity index (χ1v) is 23.0. The third-order valence-corrected chi connectivity index (χ3v) is 13.2. The summed E-state index contributed by atoms with van der Waals surface area (Å²) in [6, 6.07) is 36.0. The second kappa shape index (κ2) is 20.5. The maximum Gasteiger partial charge on any atom is 0.573 e. The Morgan fingerprint density at radius 2 is 1.46 bits per heavy atom. The third-order valence-electron chi connectivity index (χ3n) is 10.2. The number of alkyl halides is 3. The van der Waals surface area contributed by atoms with Crippen LogP contribution in [0.25, 0.3) is 22.4 Å². The van der Waals surface area contributed by atoms with Gasteiger partial charge in [0.05, 0.1) is 11.4 Å². The Kier molecular flexibility index (Phi) is 15.5. The van der Waals surface area contributed by atoms with Gasteiger partial charge in [-0.1, -0.05) is 49.4 Å². The predicted molar refractivity (Wildman–Crippen MR) is 253 cm³/mol. The summed E-state index contributed by atoms with van der Waals surface area (Å²) >= 11 is 10.8. The van der Waals surface area contributed by atoms with E-state index in [0.29, 0.717) is 35.3 Å². The van der Waals surface area contributed by atoms with Crippen LogP contribution in [0.4, 0.5) is 40.3 Å². The lowest BCUT2D eigenvalue weighted by atomic mass is 9.99. The maximum absolute atomic E-state index is 15.6. The molecule has 6 nitrogen and oxygen atoms in total. The summed E-state index contributed by atoms with van der Waals surface area (Å²) in [4.78, 5) is 7.33. The molecule has 1 aliphatic heterocycles. The summed E-state index contributed by atoms with van der Waals surface area (Å²) in [6.07, 6.45) is -2.75. The van der Waals surface area contributed by atoms with Gasteiger partial charge < -0.3 is 29.1 Å². The summed E-state index contributed by atoms with van der Waals surface area (Å²) in [7, 11) is 0. The molecule has 2 heterocycles. The zero-order chi connectivity index (χ0) is 42.4. The number of halogens is 5. The van der Waals surface area contributed by atoms with Gasteiger partial charge in [0.15, 0.2) is 5.75 Å². The summed E-state index contributed by atoms with van der Waals surface area (Å²) < 4.78 is 65.6. The lowest BCUT2D eigenvalue weighted by Gasteiger charge is -2.37. The van der Waals surface area contributed by atoms with Crippen LogP contribution in [0.15, 0.2) is 130 Å². The largest absolute Gasteiger partial charge is 0.573 e. The van der Waals surface area contributed by atoms with Crippen LogP contribution in [0.3, 0.4) is 0 Å². The first-order valence-electron chi connectivity index (χ1n) is 19.6. The van der Waals surface area contributed by atoms with Crippen molar-refractivity contribution in [2.75, 3.05) is 64.6 Å². The molecular formula is C47H50ClF4N5OS3. The standard InChI is InChI=1S/C46H46ClF4N5OS3.CH4/c1-30(2)56-31(3)45(58-4)43(44(56)32-10-12-34(47)13-11-32)33-26-35(48)28-38(27-33)55-23-21-54(22-24-55)37-16-14-36(15-17-37)53-60-40-18-19-41(42(29-40)57-46(49,50)51)52-20-25-59-39-8-6-5-7-9-39;/h5-19,26-30,52-53H,20-25H2,1-4H3;1H4. The highest BCUT2D eigenvalue weighted by Gasteiger charge is 2.32. The van der Waals surface area contributed by atoms with E-state index in [1.807, 2.05) is 78.9 Å². The van der Waals surface area contributed by atoms with Crippen LogP contribution < -0.4 is 24.6 Å². The highest BCUT2D eigenvalue weighted by molar-refractivity contribution is 8.00. The maximum atomic E-state index is 15.6. The van der Waals surface area contributed by atoms with Crippen molar-refractivity contribution in [1.82, 2.24) is 4.57 Å². The molecule has 61 heavy (non-hydrogen) atoms. The third kappa shape index (κ3) is 11.5. The molecule has 0 radical (unpaired) electrons. The minimum Gasteiger partial charge on any atom is -0.404 e. The number of benzene rings is 5. The average Bonchev–Trinajstić information content (AvgIpc) is 3.54. The van der Waals surface area contributed by atoms with Gasteiger partial charge in [-0.2, -0.15) is 0 Å². The van der Waals surface area contributed by atoms with Crippen molar-refractivity contribution in [3.05, 3.63) is 132 Å². The molecule has 7 rings (SSSR count). The van der Waals surface area contributed by atoms with Gasteiger partial charge in [0.1, 0.15) is 5.82 Å². The van der Waals surface area contributed by atoms with Crippen LogP contribution >= 0.6 is 47.1 Å². The minimum atomic E-state index is -4.83. The second-order valence-electron chi connectivity index (χ2n) is 14.5. The van der Waals surface area contributed by atoms with Crippen LogP contribution in [0.5, 0.6) is 5.75 Å². The molecule has 1 fully saturated rings. The average molecular weight is 909 g/mol. The van der Waals surface area contributed by atoms with Gasteiger partial charge in [0.2, 0.25) is 0 Å². The van der Waals surface area contributed by atoms with Gasteiger partial charge in [-0.25, -0.2) is 4.39 Å². The van der Waals surface area contributed by atoms with Gasteiger partial charge in [0.25, 0.3) is 0 Å². The Morgan fingerprint density at radius 1 is 0.787 bits per heavy atom. The number of piperazine rings is 1. The SMILES string of the molecule is C.CSc1c(-c2cc(F)cc(N3CCN(c4ccc(NSc5ccc(NCCSc6ccccc6)c(OC(F)(F)F)c5)cc4)CC3)c2)c(-c2ccc(Cl)cc2)n(C(C)C)c1C. The lowest BCUT2D eigenvalue weighted by Crippen LogP contribution is -2.46. The zero-order valence-corrected chi connectivity index (χ0v) is 36.9. The minimum absolute atomic E-state index is 0. The van der Waals surface area contributed by atoms with Crippen LogP contribution in [0.1, 0.15) is 33.0 Å². The van der Waals surface area contributed by atoms with Crippen molar-refractivity contribution >= 4 is 69.8 Å². The highest BCUT2D eigenvalue weighted by Crippen LogP contribution is 2.46. The quantitative estimate of drug-likeness (QED) is 0.0457. The number of nitrogens with zero attached hydrogens (tertiary/aromatic N) is 3. The molecule has 1 aliphatic rings. The van der Waals surface area contributed by atoms with Crippen molar-refractivity contribution in [3.8, 4) is 28.1 Å². The predicted octanol–water partition coefficient (Wildman–Crippen LogP) is 14.4. The fourth-order valence-electron chi connectivity index (χ4n) is 7.51. The molecule has 0 atom stereocenters. The van der Waals surface area contributed by atoms with Gasteiger partial charge in [-0.15, -0.1) is 36.7 Å². The van der Waals surface area contributed by atoms with Crippen molar-refractivity contribution in [3.63, 3.8) is 0 Å². The number of rotatable bonds is 15. The zero-order valence-electron chi connectivity index (χ0n) is 33.7. The van der Waals surface area contributed by atoms with Crippen molar-refractivity contribution in [2.45, 2.75) is 55.3 Å². The Bertz CT molecular complexity index is 2370. The first kappa shape index (κ1) is 46.0. The van der Waals surface area contributed by atoms with Gasteiger partial charge in [-0.3, -0.25) is 0 Å². The number of hydrogen-bond donors (Lipinski definition) is 2. The van der Waals surface area contributed by atoms with E-state index in [1.165, 1.54) is 18.0 Å². The molecular weight excluding hydrogens is 858 g/mol. The van der Waals surface area contributed by atoms with E-state index in [0.717, 1.165) is 68.0 Å². The summed E-state index contributed by atoms with van der Waals surface area (Å²) in [5.74, 6) is 0.115. The number of thioether (sulfide) groups is 2. The van der Waals surface area contributed by atoms with E-state index < -0.39 is 6.36 Å². The molecule has 14 heteroatoms. The fourth-order valence-corrected chi connectivity index (χ4v) is 9.92. The normalized spacial score (nSPS) is 13.0. The van der Waals surface area contributed by atoms with Crippen LogP contribution in [0.2, 0.25) is 5.02 Å². The molecule has 6 aromatic rings. The van der Waals surface area contributed by atoms with Crippen LogP contribution in [-0.4, -0.2) is 55.7 Å². The van der Waals surface area contributed by atoms with Gasteiger partial charge in [0, 0.05) is 92.5 Å². The highest BCUT2D eigenvalue weighted by atomic mass is 35.5. The molecule has 0 unspecified atom stereocenters. The summed E-state index contributed by atoms with van der Waals surface area (Å²) in [5, 5.41) is 3.75. The smallest absolute Gasteiger partial charge is 0.404 e. The Hall–Kier alpha value is -4.56. The molecule has 0 amide bonds. The number of ether oxygens (including phenoxy) is 1. The van der Waals surface area contributed by atoms with Crippen LogP contribution in [-0.2, 0) is 0 Å². The van der Waals surface area contributed by atoms with Gasteiger partial charge >= 0.3 is 6.36 Å². The second-order valence-corrected chi connectivity index (χ2v) is 17.8. The number of anilines is 4. The monoisotopic (exact) mass is 907 g/mol. The van der Waals surface area contributed by atoms with E-state index in [-0.39, 0.29) is 30.7 Å². The lowest BCUT2D eigenvalue weighted by molar-refractivity contribution is -0.274. The Morgan fingerprint density at radius 3 is 2.10 bits per heavy atom. The van der Waals surface area contributed by atoms with Crippen molar-refractivity contribution in [1.29, 1.82) is 0 Å². The van der Waals surface area contributed by atoms with Crippen LogP contribution in [0, 0.1) is 12.7 Å². The molecule has 0 spiro atoms. The fraction of sp³-hybridized carbons (Fsp3) is 0.277. The number of nitrogens with one attached hydrogen (secondary N) is 2. The summed E-state index contributed by atoms with van der Waals surface area (Å²) in [5.41, 5.74) is 8.07. The topological polar surface area (TPSA) is 44.7 Å². The van der Waals surface area contributed by atoms with Crippen molar-refractivity contribution < 1.29 is 22.3 Å². The molecule has 1 aromatic heterocycles. The number of hydrogen-bond acceptors (Lipinski definition) is 8. The molecule has 0 saturated carbocycles. The summed E-state index contributed by atoms with van der Waals surface area (Å²) in [6.45, 7) is 9.85. The van der Waals surface area contributed by atoms with E-state index in [1.54, 1.807) is 47.8 Å². The number of aromatic nitrogens is 1. The van der Waals surface area contributed by atoms with Crippen molar-refractivity contribution in [2.24, 2.45) is 0 Å². The molecule has 1 saturated heterocycles. The Labute approximate surface area is 374 Å². The van der Waals surface area contributed by atoms with Gasteiger partial charge in [-0.05, 0) is 135 Å². The molecule has 0 bridgehead atoms. The molecule has 2 N–H and O–H groups in total. The first-order chi connectivity index (χ1) is 28.9. The van der Waals surface area contributed by atoms with E-state index in [4.69, 9.17) is 11.6 Å². The van der Waals surface area contributed by atoms with E-state index in [9.17, 15) is 13.2 Å². The molecule has 322 valence electrons. The molecule has 5 aromatic carbocycles. The van der Waals surface area contributed by atoms with E-state index in [2.05, 4.69) is 62.2 Å². The Balaban J connectivity index is 0.00000622. The van der Waals surface area contributed by atoms with E-state index >= 15 is 4.39 Å². The molecule has 0 aliphatic carbocycles.